The lowest BCUT2D eigenvalue weighted by atomic mass is 10.3. The number of nitrogens with zero attached hydrogens (tertiary/aromatic N) is 1. The van der Waals surface area contributed by atoms with E-state index in [1.54, 1.807) is 11.3 Å². The summed E-state index contributed by atoms with van der Waals surface area (Å²) in [6, 6.07) is 13.8. The normalized spacial score (nSPS) is 12.7. The van der Waals surface area contributed by atoms with Crippen LogP contribution in [-0.4, -0.2) is 42.9 Å². The number of carbonyl (C=O) groups excluding carboxylic acids is 1. The summed E-state index contributed by atoms with van der Waals surface area (Å²) in [7, 11) is 0. The van der Waals surface area contributed by atoms with Gasteiger partial charge in [0.1, 0.15) is 13.2 Å². The molecule has 3 aromatic rings. The molecule has 0 fully saturated rings. The summed E-state index contributed by atoms with van der Waals surface area (Å²) in [6.07, 6.45) is 0. The second kappa shape index (κ2) is 8.49. The van der Waals surface area contributed by atoms with Crippen molar-refractivity contribution in [1.82, 2.24) is 10.3 Å². The number of carbonyl (C=O) groups is 1. The molecule has 140 valence electrons. The highest BCUT2D eigenvalue weighted by Crippen LogP contribution is 2.34. The van der Waals surface area contributed by atoms with E-state index in [0.717, 1.165) is 31.7 Å². The molecule has 6 nitrogen and oxygen atoms in total. The Morgan fingerprint density at radius 1 is 1.11 bits per heavy atom. The van der Waals surface area contributed by atoms with Gasteiger partial charge in [0.05, 0.1) is 16.0 Å². The molecule has 1 aromatic heterocycles. The minimum Gasteiger partial charge on any atom is -0.486 e. The van der Waals surface area contributed by atoms with Crippen molar-refractivity contribution < 1.29 is 14.3 Å². The third-order valence-electron chi connectivity index (χ3n) is 3.90. The fraction of sp³-hybridized carbons (Fsp3) is 0.263. The lowest BCUT2D eigenvalue weighted by Crippen LogP contribution is -2.30. The van der Waals surface area contributed by atoms with Gasteiger partial charge in [-0.25, -0.2) is 4.98 Å². The monoisotopic (exact) mass is 401 g/mol. The molecule has 1 aliphatic rings. The number of benzene rings is 2. The molecule has 2 heterocycles. The van der Waals surface area contributed by atoms with E-state index in [0.29, 0.717) is 32.1 Å². The fourth-order valence-corrected chi connectivity index (χ4v) is 4.28. The van der Waals surface area contributed by atoms with Gasteiger partial charge in [0.25, 0.3) is 0 Å². The Hall–Kier alpha value is -2.45. The lowest BCUT2D eigenvalue weighted by Gasteiger charge is -2.18. The van der Waals surface area contributed by atoms with Crippen LogP contribution in [0.4, 0.5) is 5.13 Å². The van der Waals surface area contributed by atoms with E-state index >= 15 is 0 Å². The maximum absolute atomic E-state index is 12.0. The summed E-state index contributed by atoms with van der Waals surface area (Å²) in [5.41, 5.74) is 0.991. The van der Waals surface area contributed by atoms with Crippen molar-refractivity contribution in [2.75, 3.05) is 37.4 Å². The molecular formula is C19H19N3O3S2. The number of anilines is 1. The number of thioether (sulfide) groups is 1. The summed E-state index contributed by atoms with van der Waals surface area (Å²) in [4.78, 5) is 17.5. The summed E-state index contributed by atoms with van der Waals surface area (Å²) in [5.74, 6) is 1.87. The van der Waals surface area contributed by atoms with E-state index in [9.17, 15) is 4.79 Å². The third kappa shape index (κ3) is 4.64. The first-order valence-electron chi connectivity index (χ1n) is 8.66. The predicted molar refractivity (Wildman–Crippen MR) is 109 cm³/mol. The minimum absolute atomic E-state index is 0.000916. The zero-order chi connectivity index (χ0) is 18.5. The molecule has 0 bridgehead atoms. The molecule has 1 amide bonds. The summed E-state index contributed by atoms with van der Waals surface area (Å²) < 4.78 is 12.2. The molecule has 4 rings (SSSR count). The molecule has 2 aromatic carbocycles. The standard InChI is InChI=1S/C19H19N3O3S2/c23-18(12-26-13-5-6-15-16(11-13)25-10-9-24-15)20-7-8-21-19-22-14-3-1-2-4-17(14)27-19/h1-6,11H,7-10,12H2,(H,20,23)(H,21,22). The van der Waals surface area contributed by atoms with Crippen LogP contribution in [0.15, 0.2) is 47.4 Å². The van der Waals surface area contributed by atoms with E-state index in [1.807, 2.05) is 36.4 Å². The van der Waals surface area contributed by atoms with Crippen LogP contribution in [0.5, 0.6) is 11.5 Å². The van der Waals surface area contributed by atoms with E-state index in [-0.39, 0.29) is 5.91 Å². The number of fused-ring (bicyclic) bond motifs is 2. The van der Waals surface area contributed by atoms with Crippen molar-refractivity contribution in [2.45, 2.75) is 4.90 Å². The van der Waals surface area contributed by atoms with Crippen LogP contribution < -0.4 is 20.1 Å². The van der Waals surface area contributed by atoms with Crippen LogP contribution in [0.2, 0.25) is 0 Å². The van der Waals surface area contributed by atoms with Gasteiger partial charge in [-0.2, -0.15) is 0 Å². The topological polar surface area (TPSA) is 72.5 Å². The van der Waals surface area contributed by atoms with Gasteiger partial charge in [-0.05, 0) is 30.3 Å². The smallest absolute Gasteiger partial charge is 0.230 e. The lowest BCUT2D eigenvalue weighted by molar-refractivity contribution is -0.118. The molecule has 0 aliphatic carbocycles. The van der Waals surface area contributed by atoms with Crippen molar-refractivity contribution in [2.24, 2.45) is 0 Å². The van der Waals surface area contributed by atoms with Crippen LogP contribution in [0.25, 0.3) is 10.2 Å². The van der Waals surface area contributed by atoms with Gasteiger partial charge in [-0.15, -0.1) is 11.8 Å². The highest BCUT2D eigenvalue weighted by atomic mass is 32.2. The molecule has 8 heteroatoms. The maximum atomic E-state index is 12.0. The number of para-hydroxylation sites is 1. The van der Waals surface area contributed by atoms with Crippen molar-refractivity contribution in [1.29, 1.82) is 0 Å². The number of ether oxygens (including phenoxy) is 2. The molecule has 0 spiro atoms. The van der Waals surface area contributed by atoms with Crippen molar-refractivity contribution >= 4 is 44.4 Å². The first-order valence-corrected chi connectivity index (χ1v) is 10.5. The van der Waals surface area contributed by atoms with E-state index < -0.39 is 0 Å². The van der Waals surface area contributed by atoms with Gasteiger partial charge >= 0.3 is 0 Å². The van der Waals surface area contributed by atoms with Crippen LogP contribution in [-0.2, 0) is 4.79 Å². The second-order valence-electron chi connectivity index (χ2n) is 5.86. The number of hydrogen-bond donors (Lipinski definition) is 2. The first kappa shape index (κ1) is 17.9. The van der Waals surface area contributed by atoms with Crippen molar-refractivity contribution in [3.8, 4) is 11.5 Å². The SMILES string of the molecule is O=C(CSc1ccc2c(c1)OCCO2)NCCNc1nc2ccccc2s1. The van der Waals surface area contributed by atoms with Crippen LogP contribution in [0, 0.1) is 0 Å². The van der Waals surface area contributed by atoms with Crippen molar-refractivity contribution in [3.05, 3.63) is 42.5 Å². The quantitative estimate of drug-likeness (QED) is 0.467. The average Bonchev–Trinajstić information content (AvgIpc) is 3.12. The number of hydrogen-bond acceptors (Lipinski definition) is 7. The number of amides is 1. The molecule has 0 radical (unpaired) electrons. The van der Waals surface area contributed by atoms with Gasteiger partial charge in [-0.3, -0.25) is 4.79 Å². The first-order chi connectivity index (χ1) is 13.3. The molecule has 0 saturated heterocycles. The summed E-state index contributed by atoms with van der Waals surface area (Å²) >= 11 is 3.09. The fourth-order valence-electron chi connectivity index (χ4n) is 2.63. The van der Waals surface area contributed by atoms with Crippen LogP contribution >= 0.6 is 23.1 Å². The molecular weight excluding hydrogens is 382 g/mol. The molecule has 0 atom stereocenters. The zero-order valence-electron chi connectivity index (χ0n) is 14.6. The van der Waals surface area contributed by atoms with Crippen LogP contribution in [0.3, 0.4) is 0 Å². The average molecular weight is 402 g/mol. The van der Waals surface area contributed by atoms with Crippen LogP contribution in [0.1, 0.15) is 0 Å². The number of nitrogens with one attached hydrogen (secondary N) is 2. The Morgan fingerprint density at radius 2 is 1.96 bits per heavy atom. The summed E-state index contributed by atoms with van der Waals surface area (Å²) in [5, 5.41) is 7.04. The highest BCUT2D eigenvalue weighted by molar-refractivity contribution is 8.00. The number of rotatable bonds is 7. The molecule has 0 unspecified atom stereocenters. The number of thiazole rings is 1. The van der Waals surface area contributed by atoms with Crippen molar-refractivity contribution in [3.63, 3.8) is 0 Å². The Morgan fingerprint density at radius 3 is 2.85 bits per heavy atom. The Balaban J connectivity index is 1.18. The molecule has 1 aliphatic heterocycles. The van der Waals surface area contributed by atoms with Gasteiger partial charge in [0, 0.05) is 18.0 Å². The van der Waals surface area contributed by atoms with Gasteiger partial charge in [0.15, 0.2) is 16.6 Å². The van der Waals surface area contributed by atoms with Gasteiger partial charge in [0.2, 0.25) is 5.91 Å². The van der Waals surface area contributed by atoms with Gasteiger partial charge < -0.3 is 20.1 Å². The van der Waals surface area contributed by atoms with E-state index in [1.165, 1.54) is 11.8 Å². The zero-order valence-corrected chi connectivity index (χ0v) is 16.2. The molecule has 27 heavy (non-hydrogen) atoms. The second-order valence-corrected chi connectivity index (χ2v) is 7.94. The van der Waals surface area contributed by atoms with E-state index in [4.69, 9.17) is 9.47 Å². The van der Waals surface area contributed by atoms with Gasteiger partial charge in [-0.1, -0.05) is 23.5 Å². The Kier molecular flexibility index (Phi) is 5.64. The highest BCUT2D eigenvalue weighted by Gasteiger charge is 2.12. The maximum Gasteiger partial charge on any atom is 0.230 e. The number of aromatic nitrogens is 1. The summed E-state index contributed by atoms with van der Waals surface area (Å²) in [6.45, 7) is 2.33. The Labute approximate surface area is 165 Å². The largest absolute Gasteiger partial charge is 0.486 e. The van der Waals surface area contributed by atoms with E-state index in [2.05, 4.69) is 21.7 Å². The minimum atomic E-state index is 0.000916. The Bertz CT molecular complexity index is 912. The third-order valence-corrected chi connectivity index (χ3v) is 5.89. The molecule has 2 N–H and O–H groups in total. The molecule has 0 saturated carbocycles. The predicted octanol–water partition coefficient (Wildman–Crippen LogP) is 3.39.